The molecule has 0 spiro atoms. The molecule has 0 unspecified atom stereocenters. The van der Waals surface area contributed by atoms with Crippen molar-refractivity contribution < 1.29 is 9.90 Å². The molecule has 1 heterocycles. The third-order valence-electron chi connectivity index (χ3n) is 2.59. The Kier molecular flexibility index (Phi) is 4.24. The van der Waals surface area contributed by atoms with Crippen LogP contribution < -0.4 is 0 Å². The van der Waals surface area contributed by atoms with E-state index in [1.807, 2.05) is 0 Å². The molecular weight excluding hydrogens is 266 g/mol. The predicted molar refractivity (Wildman–Crippen MR) is 76.7 cm³/mol. The van der Waals surface area contributed by atoms with Gasteiger partial charge in [0.25, 0.3) is 0 Å². The number of aromatic nitrogens is 1. The van der Waals surface area contributed by atoms with Crippen molar-refractivity contribution in [3.8, 4) is 0 Å². The summed E-state index contributed by atoms with van der Waals surface area (Å²) in [5.41, 5.74) is 2.32. The van der Waals surface area contributed by atoms with Gasteiger partial charge in [-0.3, -0.25) is 4.79 Å². The number of carbonyl (C=O) groups is 1. The smallest absolute Gasteiger partial charge is 0.304 e. The van der Waals surface area contributed by atoms with E-state index in [0.717, 1.165) is 9.86 Å². The van der Waals surface area contributed by atoms with Crippen molar-refractivity contribution >= 4 is 39.3 Å². The molecule has 0 saturated carbocycles. The van der Waals surface area contributed by atoms with Crippen LogP contribution in [0.4, 0.5) is 0 Å². The maximum Gasteiger partial charge on any atom is 0.304 e. The van der Waals surface area contributed by atoms with Crippen molar-refractivity contribution in [3.63, 3.8) is 0 Å². The fourth-order valence-electron chi connectivity index (χ4n) is 1.70. The summed E-state index contributed by atoms with van der Waals surface area (Å²) < 4.78 is 2.14. The highest BCUT2D eigenvalue weighted by Crippen LogP contribution is 2.33. The van der Waals surface area contributed by atoms with Crippen LogP contribution in [0.15, 0.2) is 22.5 Å². The van der Waals surface area contributed by atoms with Crippen LogP contribution >= 0.6 is 23.1 Å². The second-order valence-corrected chi connectivity index (χ2v) is 6.69. The zero-order valence-electron chi connectivity index (χ0n) is 10.3. The van der Waals surface area contributed by atoms with Gasteiger partial charge in [0.05, 0.1) is 16.6 Å². The zero-order valence-corrected chi connectivity index (χ0v) is 12.0. The van der Waals surface area contributed by atoms with Gasteiger partial charge in [-0.25, -0.2) is 4.98 Å². The lowest BCUT2D eigenvalue weighted by Gasteiger charge is -2.04. The fraction of sp³-hybridized carbons (Fsp3) is 0.385. The Hall–Kier alpha value is -1.07. The lowest BCUT2D eigenvalue weighted by Crippen LogP contribution is -1.95. The minimum Gasteiger partial charge on any atom is -0.481 e. The third-order valence-corrected chi connectivity index (χ3v) is 4.76. The van der Waals surface area contributed by atoms with Crippen molar-refractivity contribution in [2.75, 3.05) is 5.75 Å². The van der Waals surface area contributed by atoms with Crippen LogP contribution in [0.2, 0.25) is 0 Å². The van der Waals surface area contributed by atoms with Gasteiger partial charge in [-0.1, -0.05) is 37.7 Å². The summed E-state index contributed by atoms with van der Waals surface area (Å²) in [5.74, 6) is 0.269. The fourth-order valence-corrected chi connectivity index (χ4v) is 3.80. The zero-order chi connectivity index (χ0) is 13.1. The van der Waals surface area contributed by atoms with Crippen molar-refractivity contribution in [1.82, 2.24) is 4.98 Å². The number of para-hydroxylation sites is 1. The number of hydrogen-bond donors (Lipinski definition) is 1. The Bertz CT molecular complexity index is 563. The van der Waals surface area contributed by atoms with E-state index in [1.54, 1.807) is 11.3 Å². The first-order valence-electron chi connectivity index (χ1n) is 5.82. The predicted octanol–water partition coefficient (Wildman–Crippen LogP) is 3.99. The lowest BCUT2D eigenvalue weighted by molar-refractivity contribution is -0.136. The number of nitrogens with zero attached hydrogens (tertiary/aromatic N) is 1. The maximum atomic E-state index is 10.5. The number of aliphatic carboxylic acids is 1. The van der Waals surface area contributed by atoms with Gasteiger partial charge in [0, 0.05) is 5.75 Å². The number of benzene rings is 1. The molecular formula is C13H15NO2S2. The van der Waals surface area contributed by atoms with Gasteiger partial charge in [0.1, 0.15) is 0 Å². The Morgan fingerprint density at radius 3 is 2.94 bits per heavy atom. The molecule has 2 rings (SSSR count). The van der Waals surface area contributed by atoms with Crippen LogP contribution in [-0.4, -0.2) is 21.8 Å². The second kappa shape index (κ2) is 5.71. The van der Waals surface area contributed by atoms with E-state index in [4.69, 9.17) is 5.11 Å². The molecule has 0 aliphatic rings. The first kappa shape index (κ1) is 13.4. The van der Waals surface area contributed by atoms with E-state index in [-0.39, 0.29) is 6.42 Å². The van der Waals surface area contributed by atoms with Crippen molar-refractivity contribution in [3.05, 3.63) is 23.8 Å². The van der Waals surface area contributed by atoms with Crippen molar-refractivity contribution in [2.24, 2.45) is 0 Å². The summed E-state index contributed by atoms with van der Waals surface area (Å²) in [6.07, 6.45) is 0.178. The molecule has 0 radical (unpaired) electrons. The van der Waals surface area contributed by atoms with E-state index in [2.05, 4.69) is 37.0 Å². The largest absolute Gasteiger partial charge is 0.481 e. The molecule has 5 heteroatoms. The molecule has 1 aromatic carbocycles. The lowest BCUT2D eigenvalue weighted by atomic mass is 10.0. The van der Waals surface area contributed by atoms with E-state index >= 15 is 0 Å². The molecule has 0 saturated heterocycles. The molecule has 0 atom stereocenters. The van der Waals surface area contributed by atoms with Crippen molar-refractivity contribution in [2.45, 2.75) is 30.5 Å². The highest BCUT2D eigenvalue weighted by atomic mass is 32.2. The SMILES string of the molecule is CC(C)c1cccc2sc(SCCC(=O)O)nc12. The van der Waals surface area contributed by atoms with Gasteiger partial charge in [-0.2, -0.15) is 0 Å². The molecule has 0 amide bonds. The number of carboxylic acids is 1. The number of thioether (sulfide) groups is 1. The van der Waals surface area contributed by atoms with Crippen LogP contribution in [-0.2, 0) is 4.79 Å². The average molecular weight is 281 g/mol. The van der Waals surface area contributed by atoms with Gasteiger partial charge in [0.2, 0.25) is 0 Å². The van der Waals surface area contributed by atoms with E-state index in [1.165, 1.54) is 22.0 Å². The molecule has 1 aromatic heterocycles. The molecule has 0 aliphatic heterocycles. The van der Waals surface area contributed by atoms with Gasteiger partial charge >= 0.3 is 5.97 Å². The minimum atomic E-state index is -0.758. The van der Waals surface area contributed by atoms with Crippen LogP contribution in [0.25, 0.3) is 10.2 Å². The highest BCUT2D eigenvalue weighted by Gasteiger charge is 2.11. The van der Waals surface area contributed by atoms with E-state index in [0.29, 0.717) is 11.7 Å². The van der Waals surface area contributed by atoms with Gasteiger partial charge < -0.3 is 5.11 Å². The van der Waals surface area contributed by atoms with E-state index < -0.39 is 5.97 Å². The summed E-state index contributed by atoms with van der Waals surface area (Å²) >= 11 is 3.16. The number of carboxylic acid groups (broad SMARTS) is 1. The number of hydrogen-bond acceptors (Lipinski definition) is 4. The maximum absolute atomic E-state index is 10.5. The monoisotopic (exact) mass is 281 g/mol. The molecule has 0 fully saturated rings. The minimum absolute atomic E-state index is 0.178. The van der Waals surface area contributed by atoms with Crippen LogP contribution in [0.1, 0.15) is 31.7 Å². The summed E-state index contributed by atoms with van der Waals surface area (Å²) in [4.78, 5) is 15.1. The Labute approximate surface area is 114 Å². The molecule has 18 heavy (non-hydrogen) atoms. The summed E-state index contributed by atoms with van der Waals surface area (Å²) in [7, 11) is 0. The molecule has 96 valence electrons. The number of rotatable bonds is 5. The first-order valence-corrected chi connectivity index (χ1v) is 7.62. The van der Waals surface area contributed by atoms with E-state index in [9.17, 15) is 4.79 Å². The summed E-state index contributed by atoms with van der Waals surface area (Å²) in [6.45, 7) is 4.32. The molecule has 0 bridgehead atoms. The summed E-state index contributed by atoms with van der Waals surface area (Å²) in [5, 5.41) is 8.62. The highest BCUT2D eigenvalue weighted by molar-refractivity contribution is 8.01. The standard InChI is InChI=1S/C13H15NO2S2/c1-8(2)9-4-3-5-10-12(9)14-13(18-10)17-7-6-11(15)16/h3-5,8H,6-7H2,1-2H3,(H,15,16). The van der Waals surface area contributed by atoms with Crippen LogP contribution in [0.3, 0.4) is 0 Å². The number of thiazole rings is 1. The Morgan fingerprint density at radius 1 is 1.50 bits per heavy atom. The number of fused-ring (bicyclic) bond motifs is 1. The molecule has 3 nitrogen and oxygen atoms in total. The summed E-state index contributed by atoms with van der Waals surface area (Å²) in [6, 6.07) is 6.24. The molecule has 2 aromatic rings. The first-order chi connectivity index (χ1) is 8.58. The normalized spacial score (nSPS) is 11.3. The van der Waals surface area contributed by atoms with Crippen molar-refractivity contribution in [1.29, 1.82) is 0 Å². The third kappa shape index (κ3) is 3.03. The average Bonchev–Trinajstić information content (AvgIpc) is 2.70. The topological polar surface area (TPSA) is 50.2 Å². The Balaban J connectivity index is 2.21. The van der Waals surface area contributed by atoms with Gasteiger partial charge in [0.15, 0.2) is 4.34 Å². The molecule has 1 N–H and O–H groups in total. The van der Waals surface area contributed by atoms with Crippen LogP contribution in [0, 0.1) is 0 Å². The van der Waals surface area contributed by atoms with Gasteiger partial charge in [-0.15, -0.1) is 11.3 Å². The quantitative estimate of drug-likeness (QED) is 0.842. The Morgan fingerprint density at radius 2 is 2.28 bits per heavy atom. The van der Waals surface area contributed by atoms with Gasteiger partial charge in [-0.05, 0) is 17.5 Å². The molecule has 0 aliphatic carbocycles. The van der Waals surface area contributed by atoms with Crippen LogP contribution in [0.5, 0.6) is 0 Å². The second-order valence-electron chi connectivity index (χ2n) is 4.32.